The minimum absolute atomic E-state index is 0.0263. The number of amides is 2. The van der Waals surface area contributed by atoms with E-state index in [-0.39, 0.29) is 12.3 Å². The number of carboxylic acid groups (broad SMARTS) is 2. The lowest BCUT2D eigenvalue weighted by atomic mass is 10.0. The van der Waals surface area contributed by atoms with Gasteiger partial charge in [-0.3, -0.25) is 9.59 Å². The Labute approximate surface area is 140 Å². The number of aliphatic carboxylic acids is 2. The van der Waals surface area contributed by atoms with Gasteiger partial charge in [0.15, 0.2) is 0 Å². The maximum Gasteiger partial charge on any atom is 0.408 e. The van der Waals surface area contributed by atoms with Gasteiger partial charge >= 0.3 is 18.0 Å². The van der Waals surface area contributed by atoms with Gasteiger partial charge in [0.1, 0.15) is 17.7 Å². The zero-order chi connectivity index (χ0) is 19.1. The monoisotopic (exact) mass is 346 g/mol. The van der Waals surface area contributed by atoms with Crippen molar-refractivity contribution in [1.29, 1.82) is 0 Å². The SMILES string of the molecule is CC(C)C[C@H](NC(=O)OC(C)(C)C)C(=O)N[C@@H](CC(=O)O)C(=O)O. The first-order valence-corrected chi connectivity index (χ1v) is 7.56. The van der Waals surface area contributed by atoms with Crippen molar-refractivity contribution in [1.82, 2.24) is 10.6 Å². The molecule has 0 unspecified atom stereocenters. The molecule has 24 heavy (non-hydrogen) atoms. The van der Waals surface area contributed by atoms with Gasteiger partial charge < -0.3 is 25.6 Å². The lowest BCUT2D eigenvalue weighted by Gasteiger charge is -2.25. The molecule has 9 nitrogen and oxygen atoms in total. The van der Waals surface area contributed by atoms with E-state index in [0.717, 1.165) is 0 Å². The molecule has 0 aliphatic rings. The van der Waals surface area contributed by atoms with E-state index < -0.39 is 48.0 Å². The third-order valence-electron chi connectivity index (χ3n) is 2.71. The molecule has 0 radical (unpaired) electrons. The first-order chi connectivity index (χ1) is 10.8. The fourth-order valence-electron chi connectivity index (χ4n) is 1.80. The minimum Gasteiger partial charge on any atom is -0.481 e. The second-order valence-electron chi connectivity index (χ2n) is 6.83. The molecule has 2 amide bonds. The van der Waals surface area contributed by atoms with Gasteiger partial charge in [0.05, 0.1) is 6.42 Å². The molecule has 0 aromatic carbocycles. The third-order valence-corrected chi connectivity index (χ3v) is 2.71. The first-order valence-electron chi connectivity index (χ1n) is 7.56. The summed E-state index contributed by atoms with van der Waals surface area (Å²) in [6.07, 6.45) is -1.33. The predicted molar refractivity (Wildman–Crippen MR) is 84.4 cm³/mol. The van der Waals surface area contributed by atoms with Crippen LogP contribution >= 0.6 is 0 Å². The molecule has 0 saturated heterocycles. The van der Waals surface area contributed by atoms with Gasteiger partial charge in [-0.15, -0.1) is 0 Å². The van der Waals surface area contributed by atoms with Crippen LogP contribution < -0.4 is 10.6 Å². The molecule has 9 heteroatoms. The summed E-state index contributed by atoms with van der Waals surface area (Å²) in [5.74, 6) is -3.57. The van der Waals surface area contributed by atoms with Crippen LogP contribution in [-0.4, -0.2) is 51.8 Å². The summed E-state index contributed by atoms with van der Waals surface area (Å²) in [5.41, 5.74) is -0.754. The molecule has 0 saturated carbocycles. The number of carbonyl (C=O) groups excluding carboxylic acids is 2. The second kappa shape index (κ2) is 9.09. The summed E-state index contributed by atoms with van der Waals surface area (Å²) in [4.78, 5) is 45.8. The van der Waals surface area contributed by atoms with Gasteiger partial charge in [0.25, 0.3) is 0 Å². The van der Waals surface area contributed by atoms with Crippen LogP contribution in [0.1, 0.15) is 47.5 Å². The molecule has 0 spiro atoms. The van der Waals surface area contributed by atoms with Crippen LogP contribution in [0.4, 0.5) is 4.79 Å². The average molecular weight is 346 g/mol. The summed E-state index contributed by atoms with van der Waals surface area (Å²) in [6, 6.07) is -2.61. The van der Waals surface area contributed by atoms with Gasteiger partial charge in [-0.25, -0.2) is 9.59 Å². The van der Waals surface area contributed by atoms with Crippen LogP contribution in [0.15, 0.2) is 0 Å². The molecule has 0 rings (SSSR count). The molecule has 0 aromatic rings. The van der Waals surface area contributed by atoms with Gasteiger partial charge in [-0.2, -0.15) is 0 Å². The molecule has 0 aromatic heterocycles. The fraction of sp³-hybridized carbons (Fsp3) is 0.733. The Morgan fingerprint density at radius 1 is 1.00 bits per heavy atom. The van der Waals surface area contributed by atoms with Crippen molar-refractivity contribution in [3.05, 3.63) is 0 Å². The molecule has 2 atom stereocenters. The van der Waals surface area contributed by atoms with Crippen molar-refractivity contribution in [2.45, 2.75) is 65.1 Å². The van der Waals surface area contributed by atoms with Crippen LogP contribution in [0.2, 0.25) is 0 Å². The highest BCUT2D eigenvalue weighted by Crippen LogP contribution is 2.10. The largest absolute Gasteiger partial charge is 0.481 e. The Bertz CT molecular complexity index is 483. The number of carbonyl (C=O) groups is 4. The lowest BCUT2D eigenvalue weighted by Crippen LogP contribution is -2.53. The summed E-state index contributed by atoms with van der Waals surface area (Å²) in [7, 11) is 0. The number of hydrogen-bond donors (Lipinski definition) is 4. The number of alkyl carbamates (subject to hydrolysis) is 1. The van der Waals surface area contributed by atoms with Crippen molar-refractivity contribution >= 4 is 23.9 Å². The molecule has 0 fully saturated rings. The quantitative estimate of drug-likeness (QED) is 0.513. The molecular formula is C15H26N2O7. The predicted octanol–water partition coefficient (Wildman–Crippen LogP) is 0.970. The van der Waals surface area contributed by atoms with Gasteiger partial charge in [0.2, 0.25) is 5.91 Å². The minimum atomic E-state index is -1.58. The van der Waals surface area contributed by atoms with Gasteiger partial charge in [-0.05, 0) is 33.1 Å². The molecular weight excluding hydrogens is 320 g/mol. The summed E-state index contributed by atoms with van der Waals surface area (Å²) in [6.45, 7) is 8.64. The van der Waals surface area contributed by atoms with E-state index in [1.54, 1.807) is 20.8 Å². The number of carboxylic acids is 2. The molecule has 0 bridgehead atoms. The van der Waals surface area contributed by atoms with E-state index in [2.05, 4.69) is 10.6 Å². The van der Waals surface area contributed by atoms with Crippen molar-refractivity contribution in [3.63, 3.8) is 0 Å². The number of hydrogen-bond acceptors (Lipinski definition) is 5. The van der Waals surface area contributed by atoms with E-state index in [1.807, 2.05) is 13.8 Å². The molecule has 4 N–H and O–H groups in total. The standard InChI is InChI=1S/C15H26N2O7/c1-8(2)6-9(17-14(23)24-15(3,4)5)12(20)16-10(13(21)22)7-11(18)19/h8-10H,6-7H2,1-5H3,(H,16,20)(H,17,23)(H,18,19)(H,21,22)/t9-,10-/m0/s1. The van der Waals surface area contributed by atoms with Gasteiger partial charge in [-0.1, -0.05) is 13.8 Å². The van der Waals surface area contributed by atoms with Crippen LogP contribution in [0.5, 0.6) is 0 Å². The summed E-state index contributed by atoms with van der Waals surface area (Å²) in [5, 5.41) is 22.2. The van der Waals surface area contributed by atoms with Crippen LogP contribution in [0, 0.1) is 5.92 Å². The van der Waals surface area contributed by atoms with E-state index >= 15 is 0 Å². The van der Waals surface area contributed by atoms with E-state index in [4.69, 9.17) is 14.9 Å². The maximum atomic E-state index is 12.2. The fourth-order valence-corrected chi connectivity index (χ4v) is 1.80. The lowest BCUT2D eigenvalue weighted by molar-refractivity contribution is -0.147. The van der Waals surface area contributed by atoms with Crippen molar-refractivity contribution < 1.29 is 34.1 Å². The smallest absolute Gasteiger partial charge is 0.408 e. The highest BCUT2D eigenvalue weighted by atomic mass is 16.6. The molecule has 0 heterocycles. The van der Waals surface area contributed by atoms with Crippen molar-refractivity contribution in [3.8, 4) is 0 Å². The molecule has 138 valence electrons. The zero-order valence-electron chi connectivity index (χ0n) is 14.6. The number of ether oxygens (including phenoxy) is 1. The van der Waals surface area contributed by atoms with E-state index in [9.17, 15) is 19.2 Å². The van der Waals surface area contributed by atoms with Gasteiger partial charge in [0, 0.05) is 0 Å². The van der Waals surface area contributed by atoms with Crippen LogP contribution in [-0.2, 0) is 19.1 Å². The van der Waals surface area contributed by atoms with Crippen LogP contribution in [0.3, 0.4) is 0 Å². The zero-order valence-corrected chi connectivity index (χ0v) is 14.6. The normalized spacial score (nSPS) is 13.8. The Hall–Kier alpha value is -2.32. The Kier molecular flexibility index (Phi) is 8.21. The Balaban J connectivity index is 5.01. The van der Waals surface area contributed by atoms with Crippen LogP contribution in [0.25, 0.3) is 0 Å². The second-order valence-corrected chi connectivity index (χ2v) is 6.83. The Morgan fingerprint density at radius 2 is 1.54 bits per heavy atom. The van der Waals surface area contributed by atoms with E-state index in [0.29, 0.717) is 0 Å². The van der Waals surface area contributed by atoms with E-state index in [1.165, 1.54) is 0 Å². The number of nitrogens with one attached hydrogen (secondary N) is 2. The maximum absolute atomic E-state index is 12.2. The molecule has 0 aliphatic heterocycles. The summed E-state index contributed by atoms with van der Waals surface area (Å²) >= 11 is 0. The first kappa shape index (κ1) is 21.7. The van der Waals surface area contributed by atoms with Crippen molar-refractivity contribution in [2.24, 2.45) is 5.92 Å². The third kappa shape index (κ3) is 9.65. The Morgan fingerprint density at radius 3 is 1.92 bits per heavy atom. The molecule has 0 aliphatic carbocycles. The van der Waals surface area contributed by atoms with Crippen molar-refractivity contribution in [2.75, 3.05) is 0 Å². The summed E-state index contributed by atoms with van der Waals surface area (Å²) < 4.78 is 5.08. The topological polar surface area (TPSA) is 142 Å². The highest BCUT2D eigenvalue weighted by molar-refractivity contribution is 5.90. The number of rotatable bonds is 8. The highest BCUT2D eigenvalue weighted by Gasteiger charge is 2.29. The average Bonchev–Trinajstić information content (AvgIpc) is 2.33.